The van der Waals surface area contributed by atoms with E-state index in [1.165, 1.54) is 0 Å². The van der Waals surface area contributed by atoms with Gasteiger partial charge in [0.15, 0.2) is 0 Å². The van der Waals surface area contributed by atoms with Crippen LogP contribution in [0.15, 0.2) is 18.2 Å². The van der Waals surface area contributed by atoms with Crippen molar-refractivity contribution in [3.05, 3.63) is 23.9 Å². The highest BCUT2D eigenvalue weighted by molar-refractivity contribution is 5.92. The van der Waals surface area contributed by atoms with Gasteiger partial charge in [-0.1, -0.05) is 6.07 Å². The highest BCUT2D eigenvalue weighted by Gasteiger charge is 2.21. The monoisotopic (exact) mass is 277 g/mol. The number of rotatable bonds is 5. The first-order valence-corrected chi connectivity index (χ1v) is 7.17. The van der Waals surface area contributed by atoms with Crippen LogP contribution in [0, 0.1) is 0 Å². The van der Waals surface area contributed by atoms with Crippen LogP contribution in [0.3, 0.4) is 0 Å². The first kappa shape index (κ1) is 14.8. The molecule has 2 rings (SSSR count). The third-order valence-electron chi connectivity index (χ3n) is 3.25. The van der Waals surface area contributed by atoms with Crippen LogP contribution in [0.2, 0.25) is 0 Å². The summed E-state index contributed by atoms with van der Waals surface area (Å²) in [5, 5.41) is 3.21. The lowest BCUT2D eigenvalue weighted by atomic mass is 10.2. The summed E-state index contributed by atoms with van der Waals surface area (Å²) in [6.45, 7) is 5.51. The van der Waals surface area contributed by atoms with E-state index in [0.717, 1.165) is 25.3 Å². The zero-order chi connectivity index (χ0) is 14.5. The highest BCUT2D eigenvalue weighted by atomic mass is 16.5. The Morgan fingerprint density at radius 3 is 3.00 bits per heavy atom. The van der Waals surface area contributed by atoms with Gasteiger partial charge in [0, 0.05) is 26.2 Å². The summed E-state index contributed by atoms with van der Waals surface area (Å²) in [6.07, 6.45) is 2.28. The number of hydrogen-bond acceptors (Lipinski definition) is 4. The molecule has 1 aliphatic heterocycles. The molecule has 20 heavy (non-hydrogen) atoms. The quantitative estimate of drug-likeness (QED) is 0.896. The van der Waals surface area contributed by atoms with Gasteiger partial charge in [-0.25, -0.2) is 4.98 Å². The van der Waals surface area contributed by atoms with Gasteiger partial charge in [-0.3, -0.25) is 4.79 Å². The third kappa shape index (κ3) is 3.93. The van der Waals surface area contributed by atoms with Crippen LogP contribution < -0.4 is 5.32 Å². The minimum absolute atomic E-state index is 0.0621. The zero-order valence-electron chi connectivity index (χ0n) is 12.4. The Morgan fingerprint density at radius 2 is 2.35 bits per heavy atom. The highest BCUT2D eigenvalue weighted by Crippen LogP contribution is 2.14. The van der Waals surface area contributed by atoms with Crippen LogP contribution in [0.5, 0.6) is 0 Å². The molecule has 1 saturated heterocycles. The molecule has 1 N–H and O–H groups in total. The molecule has 0 aliphatic carbocycles. The van der Waals surface area contributed by atoms with Crippen molar-refractivity contribution < 1.29 is 9.53 Å². The maximum Gasteiger partial charge on any atom is 0.272 e. The third-order valence-corrected chi connectivity index (χ3v) is 3.25. The largest absolute Gasteiger partial charge is 0.376 e. The number of likely N-dealkylation sites (N-methyl/N-ethyl adjacent to an activating group) is 1. The summed E-state index contributed by atoms with van der Waals surface area (Å²) >= 11 is 0. The molecule has 1 aliphatic rings. The molecule has 0 radical (unpaired) electrons. The number of carbonyl (C=O) groups excluding carboxylic acids is 1. The normalized spacial score (nSPS) is 18.3. The molecular formula is C15H23N3O2. The summed E-state index contributed by atoms with van der Waals surface area (Å²) in [5.74, 6) is 0.671. The Hall–Kier alpha value is -1.62. The smallest absolute Gasteiger partial charge is 0.272 e. The van der Waals surface area contributed by atoms with Gasteiger partial charge in [-0.2, -0.15) is 0 Å². The van der Waals surface area contributed by atoms with Gasteiger partial charge in [-0.05, 0) is 38.8 Å². The number of aromatic nitrogens is 1. The Bertz CT molecular complexity index is 456. The lowest BCUT2D eigenvalue weighted by Gasteiger charge is -2.20. The topological polar surface area (TPSA) is 54.5 Å². The van der Waals surface area contributed by atoms with Crippen LogP contribution in [-0.4, -0.2) is 48.1 Å². The minimum atomic E-state index is -0.0621. The van der Waals surface area contributed by atoms with Gasteiger partial charge in [0.05, 0.1) is 6.10 Å². The summed E-state index contributed by atoms with van der Waals surface area (Å²) in [5.41, 5.74) is 0.469. The molecule has 5 heteroatoms. The summed E-state index contributed by atoms with van der Waals surface area (Å²) < 4.78 is 5.56. The molecule has 5 nitrogen and oxygen atoms in total. The first-order valence-electron chi connectivity index (χ1n) is 7.17. The number of hydrogen-bond donors (Lipinski definition) is 1. The van der Waals surface area contributed by atoms with E-state index in [-0.39, 0.29) is 18.1 Å². The van der Waals surface area contributed by atoms with Crippen molar-refractivity contribution in [1.82, 2.24) is 9.88 Å². The molecule has 1 fully saturated rings. The fourth-order valence-electron chi connectivity index (χ4n) is 2.30. The van der Waals surface area contributed by atoms with Crippen molar-refractivity contribution in [2.45, 2.75) is 38.8 Å². The van der Waals surface area contributed by atoms with E-state index < -0.39 is 0 Å². The summed E-state index contributed by atoms with van der Waals surface area (Å²) in [6, 6.07) is 5.76. The van der Waals surface area contributed by atoms with E-state index >= 15 is 0 Å². The Kier molecular flexibility index (Phi) is 4.95. The summed E-state index contributed by atoms with van der Waals surface area (Å²) in [4.78, 5) is 18.4. The zero-order valence-corrected chi connectivity index (χ0v) is 12.4. The number of pyridine rings is 1. The molecule has 0 aromatic carbocycles. The van der Waals surface area contributed by atoms with Gasteiger partial charge in [0.25, 0.3) is 5.91 Å². The first-order chi connectivity index (χ1) is 9.56. The van der Waals surface area contributed by atoms with E-state index in [1.54, 1.807) is 18.0 Å². The number of anilines is 1. The van der Waals surface area contributed by atoms with E-state index in [1.807, 2.05) is 26.0 Å². The van der Waals surface area contributed by atoms with Crippen LogP contribution in [0.1, 0.15) is 37.2 Å². The number of nitrogens with zero attached hydrogens (tertiary/aromatic N) is 2. The average molecular weight is 277 g/mol. The number of carbonyl (C=O) groups is 1. The second-order valence-electron chi connectivity index (χ2n) is 5.53. The van der Waals surface area contributed by atoms with Gasteiger partial charge in [0.1, 0.15) is 11.5 Å². The van der Waals surface area contributed by atoms with E-state index in [2.05, 4.69) is 10.3 Å². The Morgan fingerprint density at radius 1 is 1.55 bits per heavy atom. The number of ether oxygens (including phenoxy) is 1. The molecule has 2 heterocycles. The molecule has 1 aromatic heterocycles. The van der Waals surface area contributed by atoms with Crippen molar-refractivity contribution >= 4 is 11.7 Å². The number of amides is 1. The Labute approximate surface area is 120 Å². The van der Waals surface area contributed by atoms with Crippen molar-refractivity contribution in [2.24, 2.45) is 0 Å². The van der Waals surface area contributed by atoms with Crippen LogP contribution in [0.25, 0.3) is 0 Å². The van der Waals surface area contributed by atoms with Crippen molar-refractivity contribution in [3.63, 3.8) is 0 Å². The molecule has 1 aromatic rings. The molecule has 1 unspecified atom stereocenters. The SMILES string of the molecule is CC(C)Nc1cccc(C(=O)N(C)CC2CCCO2)n1. The van der Waals surface area contributed by atoms with Crippen LogP contribution in [0.4, 0.5) is 5.82 Å². The molecule has 110 valence electrons. The van der Waals surface area contributed by atoms with E-state index in [9.17, 15) is 4.79 Å². The molecule has 1 amide bonds. The van der Waals surface area contributed by atoms with Crippen molar-refractivity contribution in [1.29, 1.82) is 0 Å². The lowest BCUT2D eigenvalue weighted by molar-refractivity contribution is 0.0583. The van der Waals surface area contributed by atoms with Crippen molar-refractivity contribution in [3.8, 4) is 0 Å². The predicted octanol–water partition coefficient (Wildman–Crippen LogP) is 2.15. The maximum atomic E-state index is 12.4. The number of nitrogens with one attached hydrogen (secondary N) is 1. The van der Waals surface area contributed by atoms with Crippen molar-refractivity contribution in [2.75, 3.05) is 25.5 Å². The fraction of sp³-hybridized carbons (Fsp3) is 0.600. The maximum absolute atomic E-state index is 12.4. The van der Waals surface area contributed by atoms with Gasteiger partial charge in [-0.15, -0.1) is 0 Å². The standard InChI is InChI=1S/C15H23N3O2/c1-11(2)16-14-8-4-7-13(17-14)15(19)18(3)10-12-6-5-9-20-12/h4,7-8,11-12H,5-6,9-10H2,1-3H3,(H,16,17). The van der Waals surface area contributed by atoms with Gasteiger partial charge >= 0.3 is 0 Å². The second kappa shape index (κ2) is 6.70. The minimum Gasteiger partial charge on any atom is -0.376 e. The van der Waals surface area contributed by atoms with Crippen LogP contribution in [-0.2, 0) is 4.74 Å². The van der Waals surface area contributed by atoms with Gasteiger partial charge < -0.3 is 15.0 Å². The van der Waals surface area contributed by atoms with Gasteiger partial charge in [0.2, 0.25) is 0 Å². The van der Waals surface area contributed by atoms with E-state index in [4.69, 9.17) is 4.74 Å². The summed E-state index contributed by atoms with van der Waals surface area (Å²) in [7, 11) is 1.80. The van der Waals surface area contributed by atoms with E-state index in [0.29, 0.717) is 12.2 Å². The van der Waals surface area contributed by atoms with Crippen LogP contribution >= 0.6 is 0 Å². The molecule has 0 bridgehead atoms. The Balaban J connectivity index is 2.00. The predicted molar refractivity (Wildman–Crippen MR) is 78.9 cm³/mol. The second-order valence-corrected chi connectivity index (χ2v) is 5.53. The average Bonchev–Trinajstić information content (AvgIpc) is 2.90. The molecule has 0 spiro atoms. The fourth-order valence-corrected chi connectivity index (χ4v) is 2.30. The molecule has 0 saturated carbocycles. The molecular weight excluding hydrogens is 254 g/mol. The molecule has 1 atom stereocenters. The lowest BCUT2D eigenvalue weighted by Crippen LogP contribution is -2.34.